The summed E-state index contributed by atoms with van der Waals surface area (Å²) in [4.78, 5) is 4.57. The van der Waals surface area contributed by atoms with Crippen molar-refractivity contribution in [2.75, 3.05) is 0 Å². The normalized spacial score (nSPS) is 12.4. The van der Waals surface area contributed by atoms with E-state index >= 15 is 0 Å². The average molecular weight is 357 g/mol. The van der Waals surface area contributed by atoms with E-state index in [2.05, 4.69) is 4.99 Å². The first-order valence-corrected chi connectivity index (χ1v) is 7.87. The second-order valence-corrected chi connectivity index (χ2v) is 7.10. The lowest BCUT2D eigenvalue weighted by atomic mass is 9.96. The Hall–Kier alpha value is -1.22. The summed E-state index contributed by atoms with van der Waals surface area (Å²) in [5.74, 6) is 1.08. The van der Waals surface area contributed by atoms with Gasteiger partial charge in [0.15, 0.2) is 0 Å². The predicted molar refractivity (Wildman–Crippen MR) is 95.1 cm³/mol. The molecule has 5 heteroatoms. The van der Waals surface area contributed by atoms with E-state index in [1.165, 1.54) is 0 Å². The number of hydrogen-bond donors (Lipinski definition) is 0. The van der Waals surface area contributed by atoms with Gasteiger partial charge in [-0.3, -0.25) is 0 Å². The summed E-state index contributed by atoms with van der Waals surface area (Å²) in [5.41, 5.74) is 0.474. The van der Waals surface area contributed by atoms with Gasteiger partial charge in [-0.15, -0.1) is 0 Å². The molecule has 2 nitrogen and oxygen atoms in total. The molecule has 0 aliphatic heterocycles. The fourth-order valence-corrected chi connectivity index (χ4v) is 2.21. The summed E-state index contributed by atoms with van der Waals surface area (Å²) in [6, 6.07) is 12.3. The smallest absolute Gasteiger partial charge is 0.200 e. The minimum Gasteiger partial charge on any atom is -0.441 e. The molecule has 0 amide bonds. The minimum absolute atomic E-state index is 0.289. The maximum Gasteiger partial charge on any atom is 0.200 e. The second-order valence-electron chi connectivity index (χ2n) is 5.82. The van der Waals surface area contributed by atoms with Crippen LogP contribution in [0.3, 0.4) is 0 Å². The van der Waals surface area contributed by atoms with E-state index in [0.717, 1.165) is 5.69 Å². The van der Waals surface area contributed by atoms with Crippen LogP contribution in [0.5, 0.6) is 5.75 Å². The van der Waals surface area contributed by atoms with E-state index in [1.54, 1.807) is 30.3 Å². The van der Waals surface area contributed by atoms with Gasteiger partial charge in [0.05, 0.1) is 10.7 Å². The average Bonchev–Trinajstić information content (AvgIpc) is 2.42. The quantitative estimate of drug-likeness (QED) is 0.428. The zero-order valence-corrected chi connectivity index (χ0v) is 14.8. The molecule has 0 N–H and O–H groups in total. The summed E-state index contributed by atoms with van der Waals surface area (Å²) in [5, 5.41) is 1.67. The molecule has 0 aromatic heterocycles. The number of benzene rings is 2. The maximum absolute atomic E-state index is 6.17. The molecule has 0 saturated heterocycles. The van der Waals surface area contributed by atoms with Gasteiger partial charge in [0.2, 0.25) is 5.90 Å². The van der Waals surface area contributed by atoms with Crippen LogP contribution in [0.4, 0.5) is 5.69 Å². The maximum atomic E-state index is 6.17. The van der Waals surface area contributed by atoms with Crippen molar-refractivity contribution in [3.05, 3.63) is 57.5 Å². The highest BCUT2D eigenvalue weighted by Gasteiger charge is 2.23. The van der Waals surface area contributed by atoms with Gasteiger partial charge < -0.3 is 4.74 Å². The van der Waals surface area contributed by atoms with Crippen LogP contribution >= 0.6 is 34.8 Å². The highest BCUT2D eigenvalue weighted by Crippen LogP contribution is 2.31. The molecule has 0 unspecified atom stereocenters. The molecular weight excluding hydrogens is 341 g/mol. The Balaban J connectivity index is 2.36. The molecule has 116 valence electrons. The molecule has 0 aliphatic carbocycles. The van der Waals surface area contributed by atoms with Crippen molar-refractivity contribution in [3.63, 3.8) is 0 Å². The summed E-state index contributed by atoms with van der Waals surface area (Å²) in [7, 11) is 0. The van der Waals surface area contributed by atoms with Gasteiger partial charge in [0.25, 0.3) is 0 Å². The van der Waals surface area contributed by atoms with Crippen molar-refractivity contribution >= 4 is 46.4 Å². The lowest BCUT2D eigenvalue weighted by molar-refractivity contribution is 0.434. The number of ether oxygens (including phenoxy) is 1. The van der Waals surface area contributed by atoms with Gasteiger partial charge in [-0.1, -0.05) is 55.6 Å². The van der Waals surface area contributed by atoms with Gasteiger partial charge in [-0.2, -0.15) is 0 Å². The third kappa shape index (κ3) is 4.64. The van der Waals surface area contributed by atoms with Crippen LogP contribution < -0.4 is 4.74 Å². The monoisotopic (exact) mass is 355 g/mol. The molecular formula is C17H16Cl3NO. The van der Waals surface area contributed by atoms with Crippen LogP contribution in [0, 0.1) is 5.41 Å². The SMILES string of the molecule is CC(C)(C)C(=Nc1ccc(Cl)cc1)Oc1ccc(Cl)cc1Cl. The van der Waals surface area contributed by atoms with Gasteiger partial charge >= 0.3 is 0 Å². The zero-order valence-electron chi connectivity index (χ0n) is 12.5. The predicted octanol–water partition coefficient (Wildman–Crippen LogP) is 6.80. The van der Waals surface area contributed by atoms with Crippen molar-refractivity contribution in [2.45, 2.75) is 20.8 Å². The Morgan fingerprint density at radius 1 is 0.909 bits per heavy atom. The molecule has 0 bridgehead atoms. The number of hydrogen-bond acceptors (Lipinski definition) is 2. The Morgan fingerprint density at radius 3 is 2.05 bits per heavy atom. The Morgan fingerprint density at radius 2 is 1.50 bits per heavy atom. The van der Waals surface area contributed by atoms with Crippen molar-refractivity contribution in [2.24, 2.45) is 10.4 Å². The van der Waals surface area contributed by atoms with Crippen LogP contribution in [0.15, 0.2) is 47.5 Å². The molecule has 0 aliphatic rings. The zero-order chi connectivity index (χ0) is 16.3. The molecule has 0 saturated carbocycles. The van der Waals surface area contributed by atoms with Gasteiger partial charge in [-0.25, -0.2) is 4.99 Å². The first kappa shape index (κ1) is 17.1. The van der Waals surface area contributed by atoms with E-state index in [0.29, 0.717) is 26.7 Å². The topological polar surface area (TPSA) is 21.6 Å². The number of aliphatic imine (C=N–C) groups is 1. The van der Waals surface area contributed by atoms with E-state index in [9.17, 15) is 0 Å². The van der Waals surface area contributed by atoms with E-state index < -0.39 is 0 Å². The van der Waals surface area contributed by atoms with Gasteiger partial charge in [0.1, 0.15) is 5.75 Å². The largest absolute Gasteiger partial charge is 0.441 e. The van der Waals surface area contributed by atoms with Crippen LogP contribution in [0.25, 0.3) is 0 Å². The van der Waals surface area contributed by atoms with Crippen LogP contribution in [0.2, 0.25) is 15.1 Å². The van der Waals surface area contributed by atoms with Gasteiger partial charge in [-0.05, 0) is 42.5 Å². The molecule has 22 heavy (non-hydrogen) atoms. The summed E-state index contributed by atoms with van der Waals surface area (Å²) in [6.07, 6.45) is 0. The third-order valence-corrected chi connectivity index (χ3v) is 3.58. The van der Waals surface area contributed by atoms with Crippen molar-refractivity contribution in [1.82, 2.24) is 0 Å². The summed E-state index contributed by atoms with van der Waals surface area (Å²) >= 11 is 18.0. The van der Waals surface area contributed by atoms with Gasteiger partial charge in [0, 0.05) is 15.5 Å². The Labute approximate surface area is 145 Å². The fraction of sp³-hybridized carbons (Fsp3) is 0.235. The molecule has 0 heterocycles. The number of halogens is 3. The van der Waals surface area contributed by atoms with Crippen molar-refractivity contribution in [1.29, 1.82) is 0 Å². The van der Waals surface area contributed by atoms with Crippen LogP contribution in [0.1, 0.15) is 20.8 Å². The van der Waals surface area contributed by atoms with Crippen molar-refractivity contribution in [3.8, 4) is 5.75 Å². The number of nitrogens with zero attached hydrogens (tertiary/aromatic N) is 1. The van der Waals surface area contributed by atoms with E-state index in [1.807, 2.05) is 32.9 Å². The highest BCUT2D eigenvalue weighted by atomic mass is 35.5. The molecule has 2 aromatic rings. The molecule has 2 aromatic carbocycles. The molecule has 0 fully saturated rings. The number of rotatable bonds is 2. The lowest BCUT2D eigenvalue weighted by Gasteiger charge is -2.22. The first-order valence-electron chi connectivity index (χ1n) is 6.73. The summed E-state index contributed by atoms with van der Waals surface area (Å²) in [6.45, 7) is 6.06. The van der Waals surface area contributed by atoms with E-state index in [-0.39, 0.29) is 5.41 Å². The highest BCUT2D eigenvalue weighted by molar-refractivity contribution is 6.35. The minimum atomic E-state index is -0.289. The summed E-state index contributed by atoms with van der Waals surface area (Å²) < 4.78 is 5.93. The fourth-order valence-electron chi connectivity index (χ4n) is 1.64. The van der Waals surface area contributed by atoms with Crippen LogP contribution in [-0.2, 0) is 0 Å². The standard InChI is InChI=1S/C17H16Cl3NO/c1-17(2,3)16(21-13-7-4-11(18)5-8-13)22-15-9-6-12(19)10-14(15)20/h4-10H,1-3H3. The van der Waals surface area contributed by atoms with Crippen LogP contribution in [-0.4, -0.2) is 5.90 Å². The van der Waals surface area contributed by atoms with E-state index in [4.69, 9.17) is 39.5 Å². The second kappa shape index (κ2) is 6.91. The Kier molecular flexibility index (Phi) is 5.38. The third-order valence-electron chi connectivity index (χ3n) is 2.80. The molecule has 0 radical (unpaired) electrons. The lowest BCUT2D eigenvalue weighted by Crippen LogP contribution is -2.26. The molecule has 2 rings (SSSR count). The molecule has 0 atom stereocenters. The molecule has 0 spiro atoms. The Bertz CT molecular complexity index is 688. The first-order chi connectivity index (χ1) is 10.3. The van der Waals surface area contributed by atoms with Crippen molar-refractivity contribution < 1.29 is 4.74 Å².